The number of hydrogen-bond donors (Lipinski definition) is 2. The summed E-state index contributed by atoms with van der Waals surface area (Å²) in [6, 6.07) is 0.502. The smallest absolute Gasteiger partial charge is 0.239 e. The van der Waals surface area contributed by atoms with E-state index >= 15 is 0 Å². The number of nitrogens with one attached hydrogen (secondary N) is 1. The van der Waals surface area contributed by atoms with Crippen molar-refractivity contribution in [1.82, 2.24) is 15.1 Å². The molecule has 0 aromatic carbocycles. The summed E-state index contributed by atoms with van der Waals surface area (Å²) in [4.78, 5) is 26.9. The third-order valence-corrected chi connectivity index (χ3v) is 3.20. The normalized spacial score (nSPS) is 14.8. The Morgan fingerprint density at radius 1 is 1.32 bits per heavy atom. The molecule has 0 saturated heterocycles. The monoisotopic (exact) mass is 271 g/mol. The minimum atomic E-state index is -0.104. The lowest BCUT2D eigenvalue weighted by Crippen LogP contribution is -2.45. The predicted molar refractivity (Wildman–Crippen MR) is 72.6 cm³/mol. The van der Waals surface area contributed by atoms with Crippen molar-refractivity contribution in [3.63, 3.8) is 0 Å². The van der Waals surface area contributed by atoms with Gasteiger partial charge in [0.2, 0.25) is 11.8 Å². The zero-order chi connectivity index (χ0) is 14.4. The number of hydrogen-bond acceptors (Lipinski definition) is 4. The van der Waals surface area contributed by atoms with E-state index in [1.165, 1.54) is 4.90 Å². The van der Waals surface area contributed by atoms with Gasteiger partial charge in [-0.15, -0.1) is 0 Å². The molecule has 1 aliphatic rings. The summed E-state index contributed by atoms with van der Waals surface area (Å²) in [5.74, 6) is -0.204. The second-order valence-corrected chi connectivity index (χ2v) is 5.38. The van der Waals surface area contributed by atoms with E-state index in [0.29, 0.717) is 12.6 Å². The average Bonchev–Trinajstić information content (AvgIpc) is 3.11. The van der Waals surface area contributed by atoms with Gasteiger partial charge in [0.05, 0.1) is 19.7 Å². The summed E-state index contributed by atoms with van der Waals surface area (Å²) >= 11 is 0. The van der Waals surface area contributed by atoms with E-state index in [4.69, 9.17) is 5.11 Å². The molecule has 2 amide bonds. The van der Waals surface area contributed by atoms with Gasteiger partial charge >= 0.3 is 0 Å². The van der Waals surface area contributed by atoms with Gasteiger partial charge in [-0.05, 0) is 26.7 Å². The lowest BCUT2D eigenvalue weighted by Gasteiger charge is -2.27. The molecular formula is C13H25N3O3. The van der Waals surface area contributed by atoms with Gasteiger partial charge < -0.3 is 15.3 Å². The molecule has 6 heteroatoms. The van der Waals surface area contributed by atoms with Crippen LogP contribution in [-0.4, -0.2) is 72.1 Å². The summed E-state index contributed by atoms with van der Waals surface area (Å²) in [5, 5.41) is 11.8. The van der Waals surface area contributed by atoms with E-state index < -0.39 is 0 Å². The van der Waals surface area contributed by atoms with Crippen molar-refractivity contribution < 1.29 is 14.7 Å². The molecule has 0 aromatic heterocycles. The zero-order valence-corrected chi connectivity index (χ0v) is 12.1. The maximum atomic E-state index is 12.0. The van der Waals surface area contributed by atoms with E-state index in [9.17, 15) is 9.59 Å². The number of carbonyl (C=O) groups is 2. The molecule has 0 atom stereocenters. The highest BCUT2D eigenvalue weighted by Gasteiger charge is 2.24. The van der Waals surface area contributed by atoms with Crippen LogP contribution < -0.4 is 5.32 Å². The molecule has 0 unspecified atom stereocenters. The Kier molecular flexibility index (Phi) is 6.24. The first-order chi connectivity index (χ1) is 8.93. The summed E-state index contributed by atoms with van der Waals surface area (Å²) < 4.78 is 0. The van der Waals surface area contributed by atoms with E-state index in [-0.39, 0.29) is 37.6 Å². The Morgan fingerprint density at radius 3 is 2.42 bits per heavy atom. The molecule has 0 heterocycles. The molecule has 0 bridgehead atoms. The fourth-order valence-corrected chi connectivity index (χ4v) is 1.75. The molecule has 19 heavy (non-hydrogen) atoms. The highest BCUT2D eigenvalue weighted by atomic mass is 16.3. The Bertz CT molecular complexity index is 316. The third-order valence-electron chi connectivity index (χ3n) is 3.20. The van der Waals surface area contributed by atoms with Crippen LogP contribution >= 0.6 is 0 Å². The van der Waals surface area contributed by atoms with Crippen molar-refractivity contribution in [1.29, 1.82) is 0 Å². The molecule has 110 valence electrons. The summed E-state index contributed by atoms with van der Waals surface area (Å²) in [5.41, 5.74) is 0. The van der Waals surface area contributed by atoms with Crippen molar-refractivity contribution >= 4 is 11.8 Å². The number of amides is 2. The number of aliphatic hydroxyl groups is 1. The van der Waals surface area contributed by atoms with Crippen molar-refractivity contribution in [2.45, 2.75) is 38.8 Å². The van der Waals surface area contributed by atoms with Gasteiger partial charge in [-0.2, -0.15) is 0 Å². The van der Waals surface area contributed by atoms with Crippen LogP contribution in [-0.2, 0) is 9.59 Å². The molecule has 1 saturated carbocycles. The van der Waals surface area contributed by atoms with Crippen LogP contribution in [0.2, 0.25) is 0 Å². The summed E-state index contributed by atoms with van der Waals surface area (Å²) in [6.07, 6.45) is 2.09. The van der Waals surface area contributed by atoms with Crippen LogP contribution in [0.3, 0.4) is 0 Å². The van der Waals surface area contributed by atoms with Crippen molar-refractivity contribution in [3.8, 4) is 0 Å². The largest absolute Gasteiger partial charge is 0.395 e. The molecule has 1 rings (SSSR count). The van der Waals surface area contributed by atoms with Crippen LogP contribution in [0.4, 0.5) is 0 Å². The van der Waals surface area contributed by atoms with Crippen molar-refractivity contribution in [2.75, 3.05) is 33.3 Å². The van der Waals surface area contributed by atoms with Gasteiger partial charge in [0, 0.05) is 25.7 Å². The summed E-state index contributed by atoms with van der Waals surface area (Å²) in [6.45, 7) is 4.76. The topological polar surface area (TPSA) is 72.9 Å². The molecule has 0 aliphatic heterocycles. The van der Waals surface area contributed by atoms with Gasteiger partial charge in [-0.25, -0.2) is 0 Å². The highest BCUT2D eigenvalue weighted by molar-refractivity contribution is 5.85. The molecule has 6 nitrogen and oxygen atoms in total. The van der Waals surface area contributed by atoms with E-state index in [2.05, 4.69) is 5.32 Å². The maximum absolute atomic E-state index is 12.0. The van der Waals surface area contributed by atoms with Gasteiger partial charge in [0.1, 0.15) is 0 Å². The molecule has 0 aromatic rings. The minimum Gasteiger partial charge on any atom is -0.395 e. The minimum absolute atomic E-state index is 0.0251. The number of likely N-dealkylation sites (N-methyl/N-ethyl adjacent to an activating group) is 1. The Hall–Kier alpha value is -1.14. The van der Waals surface area contributed by atoms with Crippen molar-refractivity contribution in [2.24, 2.45) is 0 Å². The SMILES string of the molecule is CC(C)N(CCO)CC(=O)N(C)CC(=O)NC1CC1. The van der Waals surface area contributed by atoms with Crippen LogP contribution in [0.1, 0.15) is 26.7 Å². The Balaban J connectivity index is 2.34. The Labute approximate surface area is 114 Å². The quantitative estimate of drug-likeness (QED) is 0.620. The number of carbonyl (C=O) groups excluding carboxylic acids is 2. The lowest BCUT2D eigenvalue weighted by atomic mass is 10.3. The maximum Gasteiger partial charge on any atom is 0.239 e. The molecule has 0 spiro atoms. The predicted octanol–water partition coefficient (Wildman–Crippen LogP) is -0.574. The fraction of sp³-hybridized carbons (Fsp3) is 0.846. The van der Waals surface area contributed by atoms with Gasteiger partial charge in [-0.1, -0.05) is 0 Å². The lowest BCUT2D eigenvalue weighted by molar-refractivity contribution is -0.136. The first-order valence-corrected chi connectivity index (χ1v) is 6.82. The second kappa shape index (κ2) is 7.45. The summed E-state index contributed by atoms with van der Waals surface area (Å²) in [7, 11) is 1.63. The fourth-order valence-electron chi connectivity index (χ4n) is 1.75. The molecule has 1 fully saturated rings. The van der Waals surface area contributed by atoms with Crippen LogP contribution in [0, 0.1) is 0 Å². The number of rotatable bonds is 8. The van der Waals surface area contributed by atoms with Crippen LogP contribution in [0.15, 0.2) is 0 Å². The van der Waals surface area contributed by atoms with E-state index in [1.54, 1.807) is 7.05 Å². The van der Waals surface area contributed by atoms with Crippen molar-refractivity contribution in [3.05, 3.63) is 0 Å². The molecular weight excluding hydrogens is 246 g/mol. The standard InChI is InChI=1S/C13H25N3O3/c1-10(2)16(6-7-17)9-13(19)15(3)8-12(18)14-11-4-5-11/h10-11,17H,4-9H2,1-3H3,(H,14,18). The second-order valence-electron chi connectivity index (χ2n) is 5.38. The molecule has 2 N–H and O–H groups in total. The zero-order valence-electron chi connectivity index (χ0n) is 12.1. The molecule has 0 radical (unpaired) electrons. The average molecular weight is 271 g/mol. The van der Waals surface area contributed by atoms with Crippen LogP contribution in [0.5, 0.6) is 0 Å². The first-order valence-electron chi connectivity index (χ1n) is 6.82. The van der Waals surface area contributed by atoms with E-state index in [1.807, 2.05) is 18.7 Å². The van der Waals surface area contributed by atoms with Crippen LogP contribution in [0.25, 0.3) is 0 Å². The van der Waals surface area contributed by atoms with Gasteiger partial charge in [-0.3, -0.25) is 14.5 Å². The number of nitrogens with zero attached hydrogens (tertiary/aromatic N) is 2. The third kappa shape index (κ3) is 6.02. The highest BCUT2D eigenvalue weighted by Crippen LogP contribution is 2.18. The van der Waals surface area contributed by atoms with Gasteiger partial charge in [0.25, 0.3) is 0 Å². The Morgan fingerprint density at radius 2 is 1.95 bits per heavy atom. The first kappa shape index (κ1) is 15.9. The number of aliphatic hydroxyl groups excluding tert-OH is 1. The molecule has 1 aliphatic carbocycles. The van der Waals surface area contributed by atoms with Gasteiger partial charge in [0.15, 0.2) is 0 Å². The van der Waals surface area contributed by atoms with E-state index in [0.717, 1.165) is 12.8 Å².